The minimum absolute atomic E-state index is 0. The Labute approximate surface area is 274 Å². The molecule has 0 aliphatic carbocycles. The third-order valence-electron chi connectivity index (χ3n) is 9.71. The second-order valence-electron chi connectivity index (χ2n) is 14.1. The minimum Gasteiger partial charge on any atom is -1.00 e. The molecule has 42 heavy (non-hydrogen) atoms. The van der Waals surface area contributed by atoms with Crippen LogP contribution in [0.4, 0.5) is 0 Å². The third kappa shape index (κ3) is 34.7. The molecule has 0 rings (SSSR count). The number of hydrogen-bond acceptors (Lipinski definition) is 1. The Bertz CT molecular complexity index is 439. The fourth-order valence-corrected chi connectivity index (χ4v) is 6.67. The zero-order chi connectivity index (χ0) is 30.0. The van der Waals surface area contributed by atoms with E-state index in [-0.39, 0.29) is 12.4 Å². The van der Waals surface area contributed by atoms with E-state index in [9.17, 15) is 0 Å². The highest BCUT2D eigenvalue weighted by Gasteiger charge is 2.20. The second-order valence-corrected chi connectivity index (χ2v) is 14.1. The molecular formula is C39H82ClNO. The Morgan fingerprint density at radius 1 is 0.310 bits per heavy atom. The molecule has 0 spiro atoms. The summed E-state index contributed by atoms with van der Waals surface area (Å²) in [6.45, 7) is 9.10. The van der Waals surface area contributed by atoms with Crippen molar-refractivity contribution in [2.45, 2.75) is 219 Å². The molecule has 0 radical (unpaired) electrons. The molecule has 0 heterocycles. The topological polar surface area (TPSA) is 20.2 Å². The maximum absolute atomic E-state index is 9.11. The van der Waals surface area contributed by atoms with E-state index < -0.39 is 0 Å². The predicted molar refractivity (Wildman–Crippen MR) is 187 cm³/mol. The summed E-state index contributed by atoms with van der Waals surface area (Å²) in [6.07, 6.45) is 45.4. The maximum atomic E-state index is 9.11. The number of nitrogens with zero attached hydrogens (tertiary/aromatic N) is 1. The van der Waals surface area contributed by atoms with Crippen LogP contribution in [-0.4, -0.2) is 42.9 Å². The summed E-state index contributed by atoms with van der Waals surface area (Å²) in [7, 11) is 2.55. The van der Waals surface area contributed by atoms with E-state index in [0.717, 1.165) is 6.42 Å². The van der Waals surface area contributed by atoms with Crippen LogP contribution in [0.25, 0.3) is 0 Å². The lowest BCUT2D eigenvalue weighted by Crippen LogP contribution is -3.00. The van der Waals surface area contributed by atoms with Crippen molar-refractivity contribution in [2.24, 2.45) is 0 Å². The molecule has 0 aromatic carbocycles. The van der Waals surface area contributed by atoms with Gasteiger partial charge in [-0.3, -0.25) is 0 Å². The van der Waals surface area contributed by atoms with Gasteiger partial charge in [-0.25, -0.2) is 0 Å². The van der Waals surface area contributed by atoms with E-state index in [0.29, 0.717) is 6.61 Å². The molecule has 0 atom stereocenters. The number of hydrogen-bond donors (Lipinski definition) is 1. The lowest BCUT2D eigenvalue weighted by atomic mass is 10.0. The van der Waals surface area contributed by atoms with Crippen LogP contribution in [0.2, 0.25) is 0 Å². The molecule has 2 nitrogen and oxygen atoms in total. The Hall–Kier alpha value is 0.210. The van der Waals surface area contributed by atoms with Crippen molar-refractivity contribution in [3.8, 4) is 0 Å². The van der Waals surface area contributed by atoms with Gasteiger partial charge in [-0.2, -0.15) is 0 Å². The van der Waals surface area contributed by atoms with Gasteiger partial charge in [0.25, 0.3) is 0 Å². The average Bonchev–Trinajstić information content (AvgIpc) is 2.97. The average molecular weight is 617 g/mol. The standard InChI is InChI=1S/C39H82NO.ClH/c1-4-6-8-10-12-14-16-18-20-22-24-26-28-32-36-40(3,38-34-30-31-35-39-41)37-33-29-27-25-23-21-19-17-15-13-11-9-7-5-2;/h41H,4-39H2,1-3H3;1H/q+1;/p-1. The van der Waals surface area contributed by atoms with Gasteiger partial charge in [0.1, 0.15) is 0 Å². The van der Waals surface area contributed by atoms with E-state index in [1.165, 1.54) is 223 Å². The highest BCUT2D eigenvalue weighted by molar-refractivity contribution is 4.53. The maximum Gasteiger partial charge on any atom is 0.0784 e. The van der Waals surface area contributed by atoms with Crippen molar-refractivity contribution < 1.29 is 22.0 Å². The Morgan fingerprint density at radius 3 is 0.714 bits per heavy atom. The van der Waals surface area contributed by atoms with Gasteiger partial charge in [-0.15, -0.1) is 0 Å². The summed E-state index contributed by atoms with van der Waals surface area (Å²) in [5, 5.41) is 9.11. The van der Waals surface area contributed by atoms with E-state index in [2.05, 4.69) is 20.9 Å². The first-order chi connectivity index (χ1) is 20.2. The summed E-state index contributed by atoms with van der Waals surface area (Å²) in [4.78, 5) is 0. The zero-order valence-electron chi connectivity index (χ0n) is 29.7. The van der Waals surface area contributed by atoms with Crippen LogP contribution in [0, 0.1) is 0 Å². The highest BCUT2D eigenvalue weighted by Crippen LogP contribution is 2.18. The van der Waals surface area contributed by atoms with Gasteiger partial charge in [-0.1, -0.05) is 174 Å². The van der Waals surface area contributed by atoms with E-state index >= 15 is 0 Å². The first-order valence-electron chi connectivity index (χ1n) is 19.6. The molecule has 0 saturated carbocycles. The number of aliphatic hydroxyl groups excluding tert-OH is 1. The Balaban J connectivity index is 0. The Morgan fingerprint density at radius 2 is 0.500 bits per heavy atom. The smallest absolute Gasteiger partial charge is 0.0784 e. The number of quaternary nitrogens is 1. The molecule has 0 aliphatic rings. The van der Waals surface area contributed by atoms with Gasteiger partial charge in [0.15, 0.2) is 0 Å². The van der Waals surface area contributed by atoms with Crippen molar-refractivity contribution in [1.29, 1.82) is 0 Å². The van der Waals surface area contributed by atoms with E-state index in [1.807, 2.05) is 0 Å². The molecule has 0 saturated heterocycles. The monoisotopic (exact) mass is 616 g/mol. The van der Waals surface area contributed by atoms with Crippen LogP contribution in [0.5, 0.6) is 0 Å². The summed E-state index contributed by atoms with van der Waals surface area (Å²) in [5.74, 6) is 0. The summed E-state index contributed by atoms with van der Waals surface area (Å²) >= 11 is 0. The van der Waals surface area contributed by atoms with Gasteiger partial charge >= 0.3 is 0 Å². The minimum atomic E-state index is 0. The summed E-state index contributed by atoms with van der Waals surface area (Å²) < 4.78 is 1.30. The first-order valence-corrected chi connectivity index (χ1v) is 19.6. The molecule has 0 aromatic heterocycles. The van der Waals surface area contributed by atoms with Crippen molar-refractivity contribution in [2.75, 3.05) is 33.3 Å². The molecule has 1 N–H and O–H groups in total. The summed E-state index contributed by atoms with van der Waals surface area (Å²) in [5.41, 5.74) is 0. The van der Waals surface area contributed by atoms with Crippen LogP contribution in [0.3, 0.4) is 0 Å². The van der Waals surface area contributed by atoms with Crippen LogP contribution in [0.1, 0.15) is 219 Å². The summed E-state index contributed by atoms with van der Waals surface area (Å²) in [6, 6.07) is 0. The fourth-order valence-electron chi connectivity index (χ4n) is 6.67. The fraction of sp³-hybridized carbons (Fsp3) is 1.00. The Kier molecular flexibility index (Phi) is 39.5. The molecule has 0 aliphatic heterocycles. The van der Waals surface area contributed by atoms with Gasteiger partial charge < -0.3 is 22.0 Å². The molecule has 0 bridgehead atoms. The van der Waals surface area contributed by atoms with Crippen molar-refractivity contribution in [3.05, 3.63) is 0 Å². The van der Waals surface area contributed by atoms with Crippen molar-refractivity contribution in [1.82, 2.24) is 0 Å². The zero-order valence-corrected chi connectivity index (χ0v) is 30.5. The van der Waals surface area contributed by atoms with Gasteiger partial charge in [0, 0.05) is 6.61 Å². The van der Waals surface area contributed by atoms with Crippen LogP contribution < -0.4 is 12.4 Å². The number of unbranched alkanes of at least 4 members (excludes halogenated alkanes) is 29. The van der Waals surface area contributed by atoms with Crippen LogP contribution >= 0.6 is 0 Å². The van der Waals surface area contributed by atoms with Gasteiger partial charge in [0.05, 0.1) is 26.7 Å². The molecule has 0 aromatic rings. The van der Waals surface area contributed by atoms with E-state index in [1.54, 1.807) is 0 Å². The van der Waals surface area contributed by atoms with Crippen LogP contribution in [0.15, 0.2) is 0 Å². The van der Waals surface area contributed by atoms with Gasteiger partial charge in [0.2, 0.25) is 0 Å². The van der Waals surface area contributed by atoms with E-state index in [4.69, 9.17) is 5.11 Å². The SMILES string of the molecule is CCCCCCCCCCCCCCCC[N+](C)(CCCCCCO)CCCCCCCCCCCCCCCC.[Cl-]. The molecule has 0 amide bonds. The number of halogens is 1. The quantitative estimate of drug-likeness (QED) is 0.0549. The highest BCUT2D eigenvalue weighted by atomic mass is 35.5. The lowest BCUT2D eigenvalue weighted by molar-refractivity contribution is -0.910. The molecule has 3 heteroatoms. The lowest BCUT2D eigenvalue weighted by Gasteiger charge is -2.35. The van der Waals surface area contributed by atoms with Crippen LogP contribution in [-0.2, 0) is 0 Å². The normalized spacial score (nSPS) is 11.7. The number of aliphatic hydroxyl groups is 1. The first kappa shape index (κ1) is 44.3. The van der Waals surface area contributed by atoms with Crippen molar-refractivity contribution >= 4 is 0 Å². The van der Waals surface area contributed by atoms with Gasteiger partial charge in [-0.05, 0) is 44.9 Å². The largest absolute Gasteiger partial charge is 1.00 e. The van der Waals surface area contributed by atoms with Crippen molar-refractivity contribution in [3.63, 3.8) is 0 Å². The molecular weight excluding hydrogens is 534 g/mol. The molecule has 256 valence electrons. The molecule has 0 unspecified atom stereocenters. The predicted octanol–water partition coefficient (Wildman–Crippen LogP) is 9.95. The second kappa shape index (κ2) is 37.4. The molecule has 0 fully saturated rings. The number of rotatable bonds is 36. The third-order valence-corrected chi connectivity index (χ3v) is 9.71.